The molecule has 0 heterocycles. The van der Waals surface area contributed by atoms with Crippen LogP contribution in [0.2, 0.25) is 0 Å². The van der Waals surface area contributed by atoms with Gasteiger partial charge in [0.2, 0.25) is 5.91 Å². The lowest BCUT2D eigenvalue weighted by Gasteiger charge is -2.07. The van der Waals surface area contributed by atoms with Crippen LogP contribution in [0.4, 0.5) is 4.79 Å². The maximum atomic E-state index is 11.7. The standard InChI is InChI=1S/C18H28N2O4/c1-2-24-18(23)20-14-8-4-3-7-13-19-17(22)12-11-15-9-5-6-10-16(15)21/h5-6,9-10,21H,2-4,7-8,11-14H2,1H3,(H,19,22)(H,20,23). The van der Waals surface area contributed by atoms with Gasteiger partial charge in [0.15, 0.2) is 0 Å². The lowest BCUT2D eigenvalue weighted by atomic mass is 10.1. The molecule has 0 aliphatic rings. The molecule has 3 N–H and O–H groups in total. The van der Waals surface area contributed by atoms with Gasteiger partial charge in [0.05, 0.1) is 6.61 Å². The Hall–Kier alpha value is -2.24. The lowest BCUT2D eigenvalue weighted by Crippen LogP contribution is -2.25. The average molecular weight is 336 g/mol. The third-order valence-corrected chi connectivity index (χ3v) is 3.58. The molecule has 24 heavy (non-hydrogen) atoms. The van der Waals surface area contributed by atoms with Crippen LogP contribution in [0.25, 0.3) is 0 Å². The minimum absolute atomic E-state index is 0.00207. The summed E-state index contributed by atoms with van der Waals surface area (Å²) < 4.78 is 4.76. The summed E-state index contributed by atoms with van der Waals surface area (Å²) in [4.78, 5) is 22.8. The Labute approximate surface area is 143 Å². The highest BCUT2D eigenvalue weighted by Crippen LogP contribution is 2.16. The summed E-state index contributed by atoms with van der Waals surface area (Å²) in [5, 5.41) is 15.2. The van der Waals surface area contributed by atoms with Crippen LogP contribution in [-0.4, -0.2) is 36.8 Å². The Kier molecular flexibility index (Phi) is 10.1. The molecular weight excluding hydrogens is 308 g/mol. The molecule has 0 aliphatic heterocycles. The predicted molar refractivity (Wildman–Crippen MR) is 92.9 cm³/mol. The molecule has 0 bridgehead atoms. The van der Waals surface area contributed by atoms with Gasteiger partial charge in [-0.25, -0.2) is 4.79 Å². The van der Waals surface area contributed by atoms with E-state index in [9.17, 15) is 14.7 Å². The number of hydrogen-bond acceptors (Lipinski definition) is 4. The van der Waals surface area contributed by atoms with Crippen molar-refractivity contribution in [1.82, 2.24) is 10.6 Å². The van der Waals surface area contributed by atoms with E-state index in [2.05, 4.69) is 10.6 Å². The number of para-hydroxylation sites is 1. The number of aromatic hydroxyl groups is 1. The number of rotatable bonds is 11. The van der Waals surface area contributed by atoms with E-state index in [1.165, 1.54) is 0 Å². The van der Waals surface area contributed by atoms with Crippen LogP contribution in [0.5, 0.6) is 5.75 Å². The second-order valence-corrected chi connectivity index (χ2v) is 5.54. The number of carbonyl (C=O) groups excluding carboxylic acids is 2. The quantitative estimate of drug-likeness (QED) is 0.542. The van der Waals surface area contributed by atoms with Crippen molar-refractivity contribution in [3.63, 3.8) is 0 Å². The fourth-order valence-corrected chi connectivity index (χ4v) is 2.26. The number of ether oxygens (including phenoxy) is 1. The van der Waals surface area contributed by atoms with E-state index in [4.69, 9.17) is 4.74 Å². The fourth-order valence-electron chi connectivity index (χ4n) is 2.26. The third kappa shape index (κ3) is 9.02. The summed E-state index contributed by atoms with van der Waals surface area (Å²) in [5.41, 5.74) is 0.793. The highest BCUT2D eigenvalue weighted by atomic mass is 16.5. The summed E-state index contributed by atoms with van der Waals surface area (Å²) in [7, 11) is 0. The number of benzene rings is 1. The molecule has 0 radical (unpaired) electrons. The SMILES string of the molecule is CCOC(=O)NCCCCCCNC(=O)CCc1ccccc1O. The van der Waals surface area contributed by atoms with E-state index in [-0.39, 0.29) is 17.7 Å². The van der Waals surface area contributed by atoms with Crippen molar-refractivity contribution in [3.05, 3.63) is 29.8 Å². The van der Waals surface area contributed by atoms with Crippen molar-refractivity contribution in [3.8, 4) is 5.75 Å². The van der Waals surface area contributed by atoms with Crippen LogP contribution in [0.15, 0.2) is 24.3 Å². The van der Waals surface area contributed by atoms with Gasteiger partial charge in [-0.15, -0.1) is 0 Å². The van der Waals surface area contributed by atoms with Crippen molar-refractivity contribution in [2.75, 3.05) is 19.7 Å². The number of carbonyl (C=O) groups is 2. The van der Waals surface area contributed by atoms with Gasteiger partial charge >= 0.3 is 6.09 Å². The zero-order chi connectivity index (χ0) is 17.6. The molecule has 2 amide bonds. The molecule has 134 valence electrons. The van der Waals surface area contributed by atoms with Gasteiger partial charge in [-0.1, -0.05) is 31.0 Å². The molecule has 0 aliphatic carbocycles. The van der Waals surface area contributed by atoms with E-state index in [1.807, 2.05) is 12.1 Å². The molecule has 0 spiro atoms. The van der Waals surface area contributed by atoms with Crippen molar-refractivity contribution >= 4 is 12.0 Å². The molecule has 0 saturated heterocycles. The Morgan fingerprint density at radius 1 is 1.04 bits per heavy atom. The van der Waals surface area contributed by atoms with Gasteiger partial charge in [0, 0.05) is 19.5 Å². The minimum atomic E-state index is -0.366. The summed E-state index contributed by atoms with van der Waals surface area (Å²) in [6.45, 7) is 3.43. The van der Waals surface area contributed by atoms with Gasteiger partial charge in [-0.3, -0.25) is 4.79 Å². The maximum absolute atomic E-state index is 11.7. The first kappa shape index (κ1) is 19.8. The highest BCUT2D eigenvalue weighted by Gasteiger charge is 2.04. The molecule has 6 nitrogen and oxygen atoms in total. The van der Waals surface area contributed by atoms with Gasteiger partial charge in [-0.05, 0) is 37.8 Å². The molecule has 0 atom stereocenters. The number of phenolic OH excluding ortho intramolecular Hbond substituents is 1. The van der Waals surface area contributed by atoms with E-state index in [0.717, 1.165) is 31.2 Å². The summed E-state index contributed by atoms with van der Waals surface area (Å²) in [6.07, 6.45) is 4.37. The fraction of sp³-hybridized carbons (Fsp3) is 0.556. The molecule has 0 unspecified atom stereocenters. The van der Waals surface area contributed by atoms with Gasteiger partial charge in [0.25, 0.3) is 0 Å². The number of alkyl carbamates (subject to hydrolysis) is 1. The van der Waals surface area contributed by atoms with E-state index in [1.54, 1.807) is 19.1 Å². The van der Waals surface area contributed by atoms with Gasteiger partial charge < -0.3 is 20.5 Å². The molecule has 0 fully saturated rings. The smallest absolute Gasteiger partial charge is 0.407 e. The molecule has 0 saturated carbocycles. The Balaban J connectivity index is 1.96. The Bertz CT molecular complexity index is 506. The molecule has 6 heteroatoms. The van der Waals surface area contributed by atoms with Crippen LogP contribution in [0, 0.1) is 0 Å². The third-order valence-electron chi connectivity index (χ3n) is 3.58. The second kappa shape index (κ2) is 12.2. The van der Waals surface area contributed by atoms with Crippen molar-refractivity contribution < 1.29 is 19.4 Å². The van der Waals surface area contributed by atoms with Crippen LogP contribution in [0.1, 0.15) is 44.6 Å². The Morgan fingerprint density at radius 3 is 2.38 bits per heavy atom. The number of aryl methyl sites for hydroxylation is 1. The minimum Gasteiger partial charge on any atom is -0.508 e. The molecular formula is C18H28N2O4. The maximum Gasteiger partial charge on any atom is 0.407 e. The number of hydrogen-bond donors (Lipinski definition) is 3. The topological polar surface area (TPSA) is 87.7 Å². The largest absolute Gasteiger partial charge is 0.508 e. The Morgan fingerprint density at radius 2 is 1.71 bits per heavy atom. The highest BCUT2D eigenvalue weighted by molar-refractivity contribution is 5.76. The zero-order valence-corrected chi connectivity index (χ0v) is 14.3. The van der Waals surface area contributed by atoms with Crippen molar-refractivity contribution in [2.24, 2.45) is 0 Å². The van der Waals surface area contributed by atoms with Crippen LogP contribution >= 0.6 is 0 Å². The first-order valence-corrected chi connectivity index (χ1v) is 8.57. The van der Waals surface area contributed by atoms with Crippen LogP contribution < -0.4 is 10.6 Å². The van der Waals surface area contributed by atoms with Gasteiger partial charge in [-0.2, -0.15) is 0 Å². The molecule has 1 aromatic rings. The summed E-state index contributed by atoms with van der Waals surface area (Å²) >= 11 is 0. The molecule has 0 aromatic heterocycles. The van der Waals surface area contributed by atoms with Crippen LogP contribution in [-0.2, 0) is 16.0 Å². The second-order valence-electron chi connectivity index (χ2n) is 5.54. The number of phenols is 1. The zero-order valence-electron chi connectivity index (χ0n) is 14.3. The normalized spacial score (nSPS) is 10.2. The van der Waals surface area contributed by atoms with Crippen molar-refractivity contribution in [1.29, 1.82) is 0 Å². The number of unbranched alkanes of at least 4 members (excludes halogenated alkanes) is 3. The molecule has 1 aromatic carbocycles. The lowest BCUT2D eigenvalue weighted by molar-refractivity contribution is -0.121. The first-order valence-electron chi connectivity index (χ1n) is 8.57. The molecule has 1 rings (SSSR count). The predicted octanol–water partition coefficient (Wildman–Crippen LogP) is 2.75. The monoisotopic (exact) mass is 336 g/mol. The van der Waals surface area contributed by atoms with Gasteiger partial charge in [0.1, 0.15) is 5.75 Å². The van der Waals surface area contributed by atoms with E-state index < -0.39 is 0 Å². The van der Waals surface area contributed by atoms with Crippen molar-refractivity contribution in [2.45, 2.75) is 45.4 Å². The van der Waals surface area contributed by atoms with E-state index >= 15 is 0 Å². The average Bonchev–Trinajstić information content (AvgIpc) is 2.56. The number of amides is 2. The summed E-state index contributed by atoms with van der Waals surface area (Å²) in [6, 6.07) is 7.07. The number of nitrogens with one attached hydrogen (secondary N) is 2. The summed E-state index contributed by atoms with van der Waals surface area (Å²) in [5.74, 6) is 0.240. The van der Waals surface area contributed by atoms with Crippen LogP contribution in [0.3, 0.4) is 0 Å². The first-order chi connectivity index (χ1) is 11.6. The van der Waals surface area contributed by atoms with E-state index in [0.29, 0.717) is 32.5 Å².